The van der Waals surface area contributed by atoms with Crippen molar-refractivity contribution in [2.45, 2.75) is 20.0 Å². The standard InChI is InChI=1S/C19H18ClN3O4/c1-11-9-14(20)5-8-16(11)26-12(2)19-22-18(23-27-19)13-3-6-15(7-4-13)25-10-17(21)24/h3-9,12H,10H2,1-2H3,(H2,21,24)/t12-/m1/s1. The van der Waals surface area contributed by atoms with Gasteiger partial charge in [0.25, 0.3) is 11.8 Å². The zero-order chi connectivity index (χ0) is 19.4. The fourth-order valence-electron chi connectivity index (χ4n) is 2.36. The first kappa shape index (κ1) is 18.7. The van der Waals surface area contributed by atoms with Gasteiger partial charge in [-0.1, -0.05) is 16.8 Å². The Balaban J connectivity index is 1.69. The van der Waals surface area contributed by atoms with Crippen molar-refractivity contribution >= 4 is 17.5 Å². The number of aromatic nitrogens is 2. The third-order valence-corrected chi connectivity index (χ3v) is 3.96. The minimum Gasteiger partial charge on any atom is -0.484 e. The second-order valence-corrected chi connectivity index (χ2v) is 6.34. The molecule has 3 rings (SSSR count). The van der Waals surface area contributed by atoms with Crippen LogP contribution >= 0.6 is 11.6 Å². The van der Waals surface area contributed by atoms with E-state index in [-0.39, 0.29) is 6.61 Å². The predicted molar refractivity (Wildman–Crippen MR) is 99.7 cm³/mol. The normalized spacial score (nSPS) is 11.8. The predicted octanol–water partition coefficient (Wildman–Crippen LogP) is 3.70. The van der Waals surface area contributed by atoms with Crippen LogP contribution in [0.1, 0.15) is 24.5 Å². The molecule has 7 nitrogen and oxygen atoms in total. The number of hydrogen-bond donors (Lipinski definition) is 1. The molecule has 1 atom stereocenters. The maximum atomic E-state index is 10.7. The van der Waals surface area contributed by atoms with Crippen LogP contribution in [0.3, 0.4) is 0 Å². The minimum atomic E-state index is -0.535. The molecule has 1 amide bonds. The van der Waals surface area contributed by atoms with Crippen LogP contribution in [-0.2, 0) is 4.79 Å². The van der Waals surface area contributed by atoms with E-state index in [9.17, 15) is 4.79 Å². The monoisotopic (exact) mass is 387 g/mol. The molecule has 1 aromatic heterocycles. The van der Waals surface area contributed by atoms with E-state index in [0.717, 1.165) is 11.1 Å². The Morgan fingerprint density at radius 1 is 1.26 bits per heavy atom. The number of nitrogens with zero attached hydrogens (tertiary/aromatic N) is 2. The van der Waals surface area contributed by atoms with Gasteiger partial charge in [0, 0.05) is 10.6 Å². The van der Waals surface area contributed by atoms with Crippen molar-refractivity contribution < 1.29 is 18.8 Å². The van der Waals surface area contributed by atoms with Crippen LogP contribution in [0.5, 0.6) is 11.5 Å². The molecular weight excluding hydrogens is 370 g/mol. The third kappa shape index (κ3) is 4.77. The van der Waals surface area contributed by atoms with Gasteiger partial charge >= 0.3 is 0 Å². The first-order valence-electron chi connectivity index (χ1n) is 8.20. The molecule has 0 spiro atoms. The van der Waals surface area contributed by atoms with Gasteiger partial charge in [-0.15, -0.1) is 0 Å². The van der Waals surface area contributed by atoms with Gasteiger partial charge in [0.05, 0.1) is 0 Å². The number of hydrogen-bond acceptors (Lipinski definition) is 6. The lowest BCUT2D eigenvalue weighted by Crippen LogP contribution is -2.19. The van der Waals surface area contributed by atoms with Gasteiger partial charge in [-0.05, 0) is 61.9 Å². The fraction of sp³-hybridized carbons (Fsp3) is 0.211. The number of halogens is 1. The number of aryl methyl sites for hydroxylation is 1. The number of carbonyl (C=O) groups is 1. The Morgan fingerprint density at radius 2 is 2.00 bits per heavy atom. The molecule has 0 saturated heterocycles. The Bertz CT molecular complexity index is 940. The highest BCUT2D eigenvalue weighted by molar-refractivity contribution is 6.30. The highest BCUT2D eigenvalue weighted by atomic mass is 35.5. The molecule has 0 unspecified atom stereocenters. The van der Waals surface area contributed by atoms with Gasteiger partial charge in [0.2, 0.25) is 5.82 Å². The van der Waals surface area contributed by atoms with E-state index in [1.165, 1.54) is 0 Å². The largest absolute Gasteiger partial charge is 0.484 e. The average molecular weight is 388 g/mol. The lowest BCUT2D eigenvalue weighted by atomic mass is 10.2. The van der Waals surface area contributed by atoms with E-state index < -0.39 is 12.0 Å². The van der Waals surface area contributed by atoms with Gasteiger partial charge in [-0.3, -0.25) is 4.79 Å². The lowest BCUT2D eigenvalue weighted by molar-refractivity contribution is -0.119. The molecule has 0 radical (unpaired) electrons. The van der Waals surface area contributed by atoms with Crippen LogP contribution in [-0.4, -0.2) is 22.7 Å². The number of amides is 1. The molecule has 2 N–H and O–H groups in total. The van der Waals surface area contributed by atoms with E-state index in [1.807, 2.05) is 19.9 Å². The average Bonchev–Trinajstić information content (AvgIpc) is 3.13. The van der Waals surface area contributed by atoms with Crippen molar-refractivity contribution in [2.75, 3.05) is 6.61 Å². The molecule has 0 bridgehead atoms. The van der Waals surface area contributed by atoms with Crippen LogP contribution in [0.25, 0.3) is 11.4 Å². The first-order valence-corrected chi connectivity index (χ1v) is 8.58. The second-order valence-electron chi connectivity index (χ2n) is 5.91. The number of carbonyl (C=O) groups excluding carboxylic acids is 1. The second kappa shape index (κ2) is 8.09. The van der Waals surface area contributed by atoms with Crippen molar-refractivity contribution in [1.82, 2.24) is 10.1 Å². The number of nitrogens with two attached hydrogens (primary N) is 1. The molecule has 8 heteroatoms. The lowest BCUT2D eigenvalue weighted by Gasteiger charge is -2.13. The number of benzene rings is 2. The number of ether oxygens (including phenoxy) is 2. The maximum Gasteiger partial charge on any atom is 0.267 e. The van der Waals surface area contributed by atoms with Crippen LogP contribution in [0.4, 0.5) is 0 Å². The number of rotatable bonds is 7. The summed E-state index contributed by atoms with van der Waals surface area (Å²) in [6.45, 7) is 3.56. The summed E-state index contributed by atoms with van der Waals surface area (Å²) in [5.74, 6) is 1.47. The smallest absolute Gasteiger partial charge is 0.267 e. The molecule has 140 valence electrons. The summed E-state index contributed by atoms with van der Waals surface area (Å²) >= 11 is 5.96. The van der Waals surface area contributed by atoms with Crippen molar-refractivity contribution in [3.05, 3.63) is 58.9 Å². The first-order chi connectivity index (χ1) is 12.9. The van der Waals surface area contributed by atoms with Crippen LogP contribution in [0.2, 0.25) is 5.02 Å². The SMILES string of the molecule is Cc1cc(Cl)ccc1O[C@H](C)c1nc(-c2ccc(OCC(N)=O)cc2)no1. The van der Waals surface area contributed by atoms with Crippen molar-refractivity contribution in [1.29, 1.82) is 0 Å². The molecule has 1 heterocycles. The molecule has 2 aromatic carbocycles. The number of primary amides is 1. The summed E-state index contributed by atoms with van der Waals surface area (Å²) in [4.78, 5) is 15.1. The van der Waals surface area contributed by atoms with E-state index in [1.54, 1.807) is 36.4 Å². The highest BCUT2D eigenvalue weighted by Gasteiger charge is 2.18. The van der Waals surface area contributed by atoms with Crippen molar-refractivity contribution in [3.63, 3.8) is 0 Å². The summed E-state index contributed by atoms with van der Waals surface area (Å²) in [7, 11) is 0. The fourth-order valence-corrected chi connectivity index (χ4v) is 2.58. The molecular formula is C19H18ClN3O4. The third-order valence-electron chi connectivity index (χ3n) is 3.72. The summed E-state index contributed by atoms with van der Waals surface area (Å²) < 4.78 is 16.4. The minimum absolute atomic E-state index is 0.176. The van der Waals surface area contributed by atoms with E-state index in [0.29, 0.717) is 28.2 Å². The van der Waals surface area contributed by atoms with Gasteiger partial charge < -0.3 is 19.7 Å². The van der Waals surface area contributed by atoms with E-state index in [2.05, 4.69) is 10.1 Å². The van der Waals surface area contributed by atoms with E-state index >= 15 is 0 Å². The zero-order valence-electron chi connectivity index (χ0n) is 14.8. The van der Waals surface area contributed by atoms with Crippen LogP contribution < -0.4 is 15.2 Å². The molecule has 0 fully saturated rings. The molecule has 0 saturated carbocycles. The van der Waals surface area contributed by atoms with Crippen LogP contribution in [0, 0.1) is 6.92 Å². The molecule has 0 aliphatic rings. The quantitative estimate of drug-likeness (QED) is 0.663. The summed E-state index contributed by atoms with van der Waals surface area (Å²) in [6.07, 6.45) is -0.427. The summed E-state index contributed by atoms with van der Waals surface area (Å²) in [5.41, 5.74) is 6.71. The van der Waals surface area contributed by atoms with Gasteiger partial charge in [-0.2, -0.15) is 4.98 Å². The maximum absolute atomic E-state index is 10.7. The molecule has 3 aromatic rings. The Kier molecular flexibility index (Phi) is 5.61. The summed E-state index contributed by atoms with van der Waals surface area (Å²) in [6, 6.07) is 12.3. The van der Waals surface area contributed by atoms with Crippen molar-refractivity contribution in [2.24, 2.45) is 5.73 Å². The topological polar surface area (TPSA) is 100 Å². The Hall–Kier alpha value is -3.06. The van der Waals surface area contributed by atoms with Gasteiger partial charge in [-0.25, -0.2) is 0 Å². The summed E-state index contributed by atoms with van der Waals surface area (Å²) in [5, 5.41) is 4.64. The van der Waals surface area contributed by atoms with Crippen molar-refractivity contribution in [3.8, 4) is 22.9 Å². The Labute approximate surface area is 161 Å². The molecule has 27 heavy (non-hydrogen) atoms. The molecule has 0 aliphatic carbocycles. The van der Waals surface area contributed by atoms with Crippen LogP contribution in [0.15, 0.2) is 47.0 Å². The highest BCUT2D eigenvalue weighted by Crippen LogP contribution is 2.28. The van der Waals surface area contributed by atoms with Gasteiger partial charge in [0.15, 0.2) is 12.7 Å². The molecule has 0 aliphatic heterocycles. The van der Waals surface area contributed by atoms with E-state index in [4.69, 9.17) is 31.3 Å². The Morgan fingerprint density at radius 3 is 2.67 bits per heavy atom. The zero-order valence-corrected chi connectivity index (χ0v) is 15.6. The van der Waals surface area contributed by atoms with Gasteiger partial charge in [0.1, 0.15) is 11.5 Å².